The van der Waals surface area contributed by atoms with E-state index in [9.17, 15) is 0 Å². The Balaban J connectivity index is 1.47. The molecular formula is C17H25N3O. The molecule has 21 heavy (non-hydrogen) atoms. The van der Waals surface area contributed by atoms with Crippen LogP contribution < -0.4 is 5.73 Å². The maximum Gasteiger partial charge on any atom is 0.0843 e. The first kappa shape index (κ1) is 13.7. The van der Waals surface area contributed by atoms with Crippen LogP contribution in [0.1, 0.15) is 23.7 Å². The second-order valence-electron chi connectivity index (χ2n) is 6.61. The minimum atomic E-state index is 0.182. The molecule has 0 aliphatic carbocycles. The minimum absolute atomic E-state index is 0.182. The zero-order valence-electron chi connectivity index (χ0n) is 12.6. The number of piperazine rings is 3. The lowest BCUT2D eigenvalue weighted by Crippen LogP contribution is -2.65. The summed E-state index contributed by atoms with van der Waals surface area (Å²) in [4.78, 5) is 5.14. The van der Waals surface area contributed by atoms with Crippen LogP contribution in [0.4, 0.5) is 0 Å². The van der Waals surface area contributed by atoms with Crippen molar-refractivity contribution in [3.63, 3.8) is 0 Å². The molecule has 0 saturated carbocycles. The van der Waals surface area contributed by atoms with Crippen LogP contribution in [0, 0.1) is 0 Å². The molecule has 0 amide bonds. The van der Waals surface area contributed by atoms with Gasteiger partial charge in [0.05, 0.1) is 12.7 Å². The highest BCUT2D eigenvalue weighted by atomic mass is 16.5. The van der Waals surface area contributed by atoms with Gasteiger partial charge in [-0.15, -0.1) is 0 Å². The van der Waals surface area contributed by atoms with E-state index >= 15 is 0 Å². The molecule has 0 aromatic heterocycles. The molecule has 1 aromatic rings. The lowest BCUT2D eigenvalue weighted by molar-refractivity contribution is -0.0177. The molecule has 4 heteroatoms. The molecular weight excluding hydrogens is 262 g/mol. The van der Waals surface area contributed by atoms with E-state index in [1.54, 1.807) is 0 Å². The fourth-order valence-corrected chi connectivity index (χ4v) is 4.14. The number of fused-ring (bicyclic) bond motifs is 4. The summed E-state index contributed by atoms with van der Waals surface area (Å²) in [6.45, 7) is 6.75. The summed E-state index contributed by atoms with van der Waals surface area (Å²) in [5.41, 5.74) is 9.37. The summed E-state index contributed by atoms with van der Waals surface area (Å²) in [6, 6.07) is 9.38. The van der Waals surface area contributed by atoms with E-state index in [1.807, 2.05) is 0 Å². The monoisotopic (exact) mass is 287 g/mol. The van der Waals surface area contributed by atoms with Gasteiger partial charge in [0.25, 0.3) is 0 Å². The third-order valence-corrected chi connectivity index (χ3v) is 5.39. The molecule has 4 nitrogen and oxygen atoms in total. The summed E-state index contributed by atoms with van der Waals surface area (Å²) in [5, 5.41) is 0. The molecule has 0 radical (unpaired) electrons. The van der Waals surface area contributed by atoms with Gasteiger partial charge in [-0.25, -0.2) is 0 Å². The van der Waals surface area contributed by atoms with Crippen LogP contribution >= 0.6 is 0 Å². The Morgan fingerprint density at radius 2 is 2.00 bits per heavy atom. The summed E-state index contributed by atoms with van der Waals surface area (Å²) >= 11 is 0. The van der Waals surface area contributed by atoms with E-state index in [-0.39, 0.29) is 12.1 Å². The fourth-order valence-electron chi connectivity index (χ4n) is 4.14. The number of benzene rings is 1. The standard InChI is InChI=1S/C17H25N3O/c18-15(16-12-19-6-8-20(16)9-7-19)11-17-14-4-2-1-3-13(14)5-10-21-17/h1-4,15-17H,5-12,18H2. The summed E-state index contributed by atoms with van der Waals surface area (Å²) < 4.78 is 6.03. The molecule has 3 fully saturated rings. The van der Waals surface area contributed by atoms with Crippen molar-refractivity contribution in [3.8, 4) is 0 Å². The highest BCUT2D eigenvalue weighted by Crippen LogP contribution is 2.32. The molecule has 2 bridgehead atoms. The van der Waals surface area contributed by atoms with Crippen LogP contribution in [0.25, 0.3) is 0 Å². The molecule has 4 aliphatic rings. The van der Waals surface area contributed by atoms with E-state index in [4.69, 9.17) is 10.5 Å². The molecule has 3 saturated heterocycles. The van der Waals surface area contributed by atoms with Crippen molar-refractivity contribution in [3.05, 3.63) is 35.4 Å². The molecule has 0 spiro atoms. The molecule has 4 heterocycles. The van der Waals surface area contributed by atoms with Crippen molar-refractivity contribution in [2.75, 3.05) is 39.3 Å². The Kier molecular flexibility index (Phi) is 3.71. The predicted octanol–water partition coefficient (Wildman–Crippen LogP) is 1.02. The van der Waals surface area contributed by atoms with Gasteiger partial charge in [0.1, 0.15) is 0 Å². The van der Waals surface area contributed by atoms with Crippen LogP contribution in [-0.2, 0) is 11.2 Å². The van der Waals surface area contributed by atoms with Gasteiger partial charge in [0.15, 0.2) is 0 Å². The Morgan fingerprint density at radius 3 is 2.76 bits per heavy atom. The SMILES string of the molecule is NC(CC1OCCc2ccccc21)C1CN2CCN1CC2. The van der Waals surface area contributed by atoms with Gasteiger partial charge in [-0.2, -0.15) is 0 Å². The summed E-state index contributed by atoms with van der Waals surface area (Å²) in [5.74, 6) is 0. The summed E-state index contributed by atoms with van der Waals surface area (Å²) in [7, 11) is 0. The molecule has 114 valence electrons. The van der Waals surface area contributed by atoms with Crippen molar-refractivity contribution >= 4 is 0 Å². The third kappa shape index (κ3) is 2.61. The predicted molar refractivity (Wildman–Crippen MR) is 83.2 cm³/mol. The number of rotatable bonds is 3. The van der Waals surface area contributed by atoms with Gasteiger partial charge in [-0.05, 0) is 24.0 Å². The second kappa shape index (κ2) is 5.69. The first-order valence-electron chi connectivity index (χ1n) is 8.22. The fraction of sp³-hybridized carbons (Fsp3) is 0.647. The molecule has 1 aromatic carbocycles. The van der Waals surface area contributed by atoms with Crippen molar-refractivity contribution in [2.45, 2.75) is 31.0 Å². The Hall–Kier alpha value is -0.940. The quantitative estimate of drug-likeness (QED) is 0.901. The van der Waals surface area contributed by atoms with E-state index < -0.39 is 0 Å². The Bertz CT molecular complexity index is 499. The maximum atomic E-state index is 6.57. The van der Waals surface area contributed by atoms with Crippen LogP contribution in [0.3, 0.4) is 0 Å². The lowest BCUT2D eigenvalue weighted by atomic mass is 9.90. The van der Waals surface area contributed by atoms with Crippen molar-refractivity contribution in [2.24, 2.45) is 5.73 Å². The molecule has 5 rings (SSSR count). The van der Waals surface area contributed by atoms with Gasteiger partial charge in [0, 0.05) is 44.8 Å². The number of ether oxygens (including phenoxy) is 1. The van der Waals surface area contributed by atoms with Crippen LogP contribution in [0.5, 0.6) is 0 Å². The zero-order chi connectivity index (χ0) is 14.2. The number of nitrogens with zero attached hydrogens (tertiary/aromatic N) is 2. The van der Waals surface area contributed by atoms with Crippen LogP contribution in [-0.4, -0.2) is 61.2 Å². The van der Waals surface area contributed by atoms with E-state index in [0.29, 0.717) is 6.04 Å². The number of hydrogen-bond donors (Lipinski definition) is 1. The zero-order valence-corrected chi connectivity index (χ0v) is 12.6. The number of nitrogens with two attached hydrogens (primary N) is 1. The average Bonchev–Trinajstić information content (AvgIpc) is 2.56. The van der Waals surface area contributed by atoms with E-state index in [1.165, 1.54) is 37.3 Å². The summed E-state index contributed by atoms with van der Waals surface area (Å²) in [6.07, 6.45) is 2.15. The van der Waals surface area contributed by atoms with E-state index in [0.717, 1.165) is 26.0 Å². The molecule has 4 aliphatic heterocycles. The molecule has 3 atom stereocenters. The third-order valence-electron chi connectivity index (χ3n) is 5.39. The van der Waals surface area contributed by atoms with Crippen LogP contribution in [0.2, 0.25) is 0 Å². The number of hydrogen-bond acceptors (Lipinski definition) is 4. The topological polar surface area (TPSA) is 41.7 Å². The highest BCUT2D eigenvalue weighted by molar-refractivity contribution is 5.31. The van der Waals surface area contributed by atoms with Crippen molar-refractivity contribution in [1.82, 2.24) is 9.80 Å². The first-order valence-corrected chi connectivity index (χ1v) is 8.22. The lowest BCUT2D eigenvalue weighted by Gasteiger charge is -2.50. The smallest absolute Gasteiger partial charge is 0.0843 e. The highest BCUT2D eigenvalue weighted by Gasteiger charge is 2.36. The Morgan fingerprint density at radius 1 is 1.19 bits per heavy atom. The van der Waals surface area contributed by atoms with Gasteiger partial charge >= 0.3 is 0 Å². The average molecular weight is 287 g/mol. The second-order valence-corrected chi connectivity index (χ2v) is 6.61. The molecule has 2 N–H and O–H groups in total. The molecule has 3 unspecified atom stereocenters. The first-order chi connectivity index (χ1) is 10.3. The Labute approximate surface area is 126 Å². The van der Waals surface area contributed by atoms with Crippen molar-refractivity contribution < 1.29 is 4.74 Å². The van der Waals surface area contributed by atoms with Crippen LogP contribution in [0.15, 0.2) is 24.3 Å². The largest absolute Gasteiger partial charge is 0.373 e. The normalized spacial score (nSPS) is 36.2. The minimum Gasteiger partial charge on any atom is -0.373 e. The van der Waals surface area contributed by atoms with Gasteiger partial charge in [0.2, 0.25) is 0 Å². The van der Waals surface area contributed by atoms with Gasteiger partial charge in [-0.1, -0.05) is 24.3 Å². The maximum absolute atomic E-state index is 6.57. The van der Waals surface area contributed by atoms with Gasteiger partial charge < -0.3 is 10.5 Å². The van der Waals surface area contributed by atoms with Gasteiger partial charge in [-0.3, -0.25) is 9.80 Å². The van der Waals surface area contributed by atoms with Crippen molar-refractivity contribution in [1.29, 1.82) is 0 Å². The van der Waals surface area contributed by atoms with E-state index in [2.05, 4.69) is 34.1 Å².